The first kappa shape index (κ1) is 20.2. The summed E-state index contributed by atoms with van der Waals surface area (Å²) < 4.78 is 5.67. The minimum Gasteiger partial charge on any atom is -0.492 e. The highest BCUT2D eigenvalue weighted by atomic mass is 16.5. The number of hydrogen-bond donors (Lipinski definition) is 2. The predicted octanol–water partition coefficient (Wildman–Crippen LogP) is 2.14. The fourth-order valence-corrected chi connectivity index (χ4v) is 3.14. The third-order valence-electron chi connectivity index (χ3n) is 4.47. The van der Waals surface area contributed by atoms with Crippen LogP contribution in [0.25, 0.3) is 0 Å². The van der Waals surface area contributed by atoms with Gasteiger partial charge in [0.2, 0.25) is 11.8 Å². The van der Waals surface area contributed by atoms with Gasteiger partial charge in [0.1, 0.15) is 18.9 Å². The molecule has 6 nitrogen and oxygen atoms in total. The molecule has 26 heavy (non-hydrogen) atoms. The third-order valence-corrected chi connectivity index (χ3v) is 4.47. The summed E-state index contributed by atoms with van der Waals surface area (Å²) in [7, 11) is 0. The molecule has 0 bridgehead atoms. The number of nitrogens with zero attached hydrogens (tertiary/aromatic N) is 1. The van der Waals surface area contributed by atoms with E-state index in [2.05, 4.69) is 23.6 Å². The number of rotatable bonds is 9. The molecule has 2 amide bonds. The molecule has 1 aliphatic heterocycles. The van der Waals surface area contributed by atoms with E-state index in [1.54, 1.807) is 4.90 Å². The van der Waals surface area contributed by atoms with Gasteiger partial charge in [-0.05, 0) is 43.5 Å². The highest BCUT2D eigenvalue weighted by Crippen LogP contribution is 2.16. The Morgan fingerprint density at radius 3 is 2.69 bits per heavy atom. The third kappa shape index (κ3) is 6.67. The van der Waals surface area contributed by atoms with Crippen LogP contribution in [0, 0.1) is 13.8 Å². The van der Waals surface area contributed by atoms with E-state index in [1.165, 1.54) is 0 Å². The van der Waals surface area contributed by atoms with Crippen LogP contribution in [-0.4, -0.2) is 49.1 Å². The van der Waals surface area contributed by atoms with Gasteiger partial charge in [-0.25, -0.2) is 0 Å². The first-order chi connectivity index (χ1) is 12.5. The van der Waals surface area contributed by atoms with Crippen LogP contribution in [0.2, 0.25) is 0 Å². The molecule has 1 unspecified atom stereocenters. The van der Waals surface area contributed by atoms with Crippen LogP contribution < -0.4 is 15.4 Å². The molecule has 0 spiro atoms. The van der Waals surface area contributed by atoms with Crippen molar-refractivity contribution in [3.05, 3.63) is 29.3 Å². The fourth-order valence-electron chi connectivity index (χ4n) is 3.14. The number of benzene rings is 1. The van der Waals surface area contributed by atoms with Gasteiger partial charge in [-0.1, -0.05) is 25.8 Å². The molecule has 1 saturated heterocycles. The lowest BCUT2D eigenvalue weighted by atomic mass is 10.0. The van der Waals surface area contributed by atoms with Crippen molar-refractivity contribution in [2.75, 3.05) is 26.4 Å². The Hall–Kier alpha value is -2.08. The van der Waals surface area contributed by atoms with Crippen LogP contribution in [0.4, 0.5) is 0 Å². The molecule has 144 valence electrons. The average Bonchev–Trinajstić information content (AvgIpc) is 2.58. The van der Waals surface area contributed by atoms with Crippen molar-refractivity contribution in [1.29, 1.82) is 0 Å². The topological polar surface area (TPSA) is 70.7 Å². The van der Waals surface area contributed by atoms with Gasteiger partial charge in [0, 0.05) is 12.5 Å². The van der Waals surface area contributed by atoms with Gasteiger partial charge in [0.05, 0.1) is 13.2 Å². The van der Waals surface area contributed by atoms with E-state index in [9.17, 15) is 9.59 Å². The molecular formula is C20H31N3O3. The van der Waals surface area contributed by atoms with Crippen LogP contribution in [0.5, 0.6) is 5.75 Å². The van der Waals surface area contributed by atoms with E-state index in [0.717, 1.165) is 36.1 Å². The van der Waals surface area contributed by atoms with E-state index in [-0.39, 0.29) is 24.4 Å². The van der Waals surface area contributed by atoms with Gasteiger partial charge >= 0.3 is 0 Å². The molecule has 0 aromatic heterocycles. The van der Waals surface area contributed by atoms with Crippen LogP contribution in [0.1, 0.15) is 43.7 Å². The number of amides is 2. The summed E-state index contributed by atoms with van der Waals surface area (Å²) in [6.45, 7) is 7.55. The van der Waals surface area contributed by atoms with Crippen molar-refractivity contribution in [3.8, 4) is 5.75 Å². The first-order valence-electron chi connectivity index (χ1n) is 9.47. The Morgan fingerprint density at radius 1 is 1.31 bits per heavy atom. The molecule has 1 fully saturated rings. The summed E-state index contributed by atoms with van der Waals surface area (Å²) in [6.07, 6.45) is 3.73. The smallest absolute Gasteiger partial charge is 0.239 e. The Kier molecular flexibility index (Phi) is 7.91. The number of ether oxygens (including phenoxy) is 1. The summed E-state index contributed by atoms with van der Waals surface area (Å²) in [5, 5.41) is 6.15. The SMILES string of the molecule is CCCCC1CC(=O)N(CC(=O)NCCOc2cc(C)cc(C)c2)CN1. The second-order valence-electron chi connectivity index (χ2n) is 7.02. The second-order valence-corrected chi connectivity index (χ2v) is 7.02. The molecule has 6 heteroatoms. The maximum atomic E-state index is 12.2. The molecule has 2 N–H and O–H groups in total. The maximum absolute atomic E-state index is 12.2. The normalized spacial score (nSPS) is 17.3. The van der Waals surface area contributed by atoms with Crippen molar-refractivity contribution < 1.29 is 14.3 Å². The zero-order chi connectivity index (χ0) is 18.9. The molecule has 2 rings (SSSR count). The number of hydrogen-bond acceptors (Lipinski definition) is 4. The first-order valence-corrected chi connectivity index (χ1v) is 9.47. The summed E-state index contributed by atoms with van der Waals surface area (Å²) >= 11 is 0. The van der Waals surface area contributed by atoms with Gasteiger partial charge in [-0.2, -0.15) is 0 Å². The van der Waals surface area contributed by atoms with E-state index >= 15 is 0 Å². The second kappa shape index (κ2) is 10.2. The lowest BCUT2D eigenvalue weighted by molar-refractivity contribution is -0.139. The van der Waals surface area contributed by atoms with E-state index < -0.39 is 0 Å². The largest absolute Gasteiger partial charge is 0.492 e. The monoisotopic (exact) mass is 361 g/mol. The van der Waals surface area contributed by atoms with Gasteiger partial charge < -0.3 is 15.0 Å². The summed E-state index contributed by atoms with van der Waals surface area (Å²) in [5.74, 6) is 0.702. The fraction of sp³-hybridized carbons (Fsp3) is 0.600. The van der Waals surface area contributed by atoms with E-state index in [0.29, 0.717) is 26.2 Å². The summed E-state index contributed by atoms with van der Waals surface area (Å²) in [5.41, 5.74) is 2.30. The quantitative estimate of drug-likeness (QED) is 0.661. The molecule has 1 aliphatic rings. The zero-order valence-corrected chi connectivity index (χ0v) is 16.1. The number of carbonyl (C=O) groups excluding carboxylic acids is 2. The lowest BCUT2D eigenvalue weighted by Crippen LogP contribution is -2.53. The van der Waals surface area contributed by atoms with E-state index in [4.69, 9.17) is 4.74 Å². The predicted molar refractivity (Wildman–Crippen MR) is 102 cm³/mol. The van der Waals surface area contributed by atoms with Crippen molar-refractivity contribution in [2.24, 2.45) is 0 Å². The molecule has 0 radical (unpaired) electrons. The molecule has 1 heterocycles. The molecule has 1 atom stereocenters. The van der Waals surface area contributed by atoms with Crippen molar-refractivity contribution in [2.45, 2.75) is 52.5 Å². The Morgan fingerprint density at radius 2 is 2.04 bits per heavy atom. The molecule has 1 aromatic rings. The van der Waals surface area contributed by atoms with Gasteiger partial charge in [0.25, 0.3) is 0 Å². The highest BCUT2D eigenvalue weighted by Gasteiger charge is 2.25. The van der Waals surface area contributed by atoms with Crippen LogP contribution in [0.3, 0.4) is 0 Å². The van der Waals surface area contributed by atoms with Gasteiger partial charge in [-0.15, -0.1) is 0 Å². The lowest BCUT2D eigenvalue weighted by Gasteiger charge is -2.32. The standard InChI is InChI=1S/C20H31N3O3/c1-4-5-6-17-12-20(25)23(14-22-17)13-19(24)21-7-8-26-18-10-15(2)9-16(3)11-18/h9-11,17,22H,4-8,12-14H2,1-3H3,(H,21,24). The van der Waals surface area contributed by atoms with Crippen LogP contribution in [0.15, 0.2) is 18.2 Å². The number of carbonyl (C=O) groups is 2. The Balaban J connectivity index is 1.65. The van der Waals surface area contributed by atoms with Crippen molar-refractivity contribution >= 4 is 11.8 Å². The Bertz CT molecular complexity index is 598. The Labute approximate surface area is 156 Å². The average molecular weight is 361 g/mol. The van der Waals surface area contributed by atoms with E-state index in [1.807, 2.05) is 26.0 Å². The van der Waals surface area contributed by atoms with Crippen molar-refractivity contribution in [1.82, 2.24) is 15.5 Å². The molecule has 0 saturated carbocycles. The molecule has 1 aromatic carbocycles. The maximum Gasteiger partial charge on any atom is 0.239 e. The number of nitrogens with one attached hydrogen (secondary N) is 2. The van der Waals surface area contributed by atoms with Crippen LogP contribution >= 0.6 is 0 Å². The minimum absolute atomic E-state index is 0.0477. The summed E-state index contributed by atoms with van der Waals surface area (Å²) in [4.78, 5) is 25.8. The van der Waals surface area contributed by atoms with Gasteiger partial charge in [0.15, 0.2) is 0 Å². The van der Waals surface area contributed by atoms with Crippen molar-refractivity contribution in [3.63, 3.8) is 0 Å². The van der Waals surface area contributed by atoms with Crippen LogP contribution in [-0.2, 0) is 9.59 Å². The minimum atomic E-state index is -0.156. The number of aryl methyl sites for hydroxylation is 2. The summed E-state index contributed by atoms with van der Waals surface area (Å²) in [6, 6.07) is 6.28. The zero-order valence-electron chi connectivity index (χ0n) is 16.1. The highest BCUT2D eigenvalue weighted by molar-refractivity contribution is 5.85. The molecule has 0 aliphatic carbocycles. The molecular weight excluding hydrogens is 330 g/mol. The van der Waals surface area contributed by atoms with Gasteiger partial charge in [-0.3, -0.25) is 14.9 Å². The number of unbranched alkanes of at least 4 members (excludes halogenated alkanes) is 1.